The minimum atomic E-state index is -0.304. The third-order valence-corrected chi connectivity index (χ3v) is 6.03. The first-order chi connectivity index (χ1) is 15.6. The van der Waals surface area contributed by atoms with E-state index in [9.17, 15) is 4.79 Å². The lowest BCUT2D eigenvalue weighted by Gasteiger charge is -2.10. The van der Waals surface area contributed by atoms with E-state index in [0.717, 1.165) is 28.8 Å². The molecule has 1 fully saturated rings. The molecular formula is C22H21N7O2S. The van der Waals surface area contributed by atoms with Gasteiger partial charge in [-0.3, -0.25) is 4.79 Å². The molecule has 1 aliphatic carbocycles. The highest BCUT2D eigenvalue weighted by molar-refractivity contribution is 7.22. The number of carbonyl (C=O) groups is 1. The number of nitrogen functional groups attached to an aromatic ring is 1. The number of hydrogen-bond acceptors (Lipinski definition) is 9. The molecule has 5 rings (SSSR count). The van der Waals surface area contributed by atoms with E-state index >= 15 is 0 Å². The zero-order valence-corrected chi connectivity index (χ0v) is 17.9. The molecule has 162 valence electrons. The van der Waals surface area contributed by atoms with Crippen LogP contribution in [0.5, 0.6) is 0 Å². The Bertz CT molecular complexity index is 1290. The summed E-state index contributed by atoms with van der Waals surface area (Å²) in [4.78, 5) is 30.9. The standard InChI is InChI=1S/C22H21N7O2S/c23-18-7-6-13(11-25-18)14-2-1-3-15(26-14)21(31)27-16-10-17-20(28-19(16)12-4-5-12)29-22(32-17)24-8-9-30/h1-3,6-7,10-12,30H,4-5,8-9H2,(H2,23,25)(H,27,31)(H,24,28,29). The molecular weight excluding hydrogens is 426 g/mol. The van der Waals surface area contributed by atoms with Gasteiger partial charge in [0, 0.05) is 24.2 Å². The molecule has 0 aliphatic heterocycles. The van der Waals surface area contributed by atoms with Crippen LogP contribution in [0.25, 0.3) is 21.6 Å². The number of aromatic nitrogens is 4. The average Bonchev–Trinajstić information content (AvgIpc) is 3.57. The predicted molar refractivity (Wildman–Crippen MR) is 125 cm³/mol. The highest BCUT2D eigenvalue weighted by Gasteiger charge is 2.29. The van der Waals surface area contributed by atoms with Crippen molar-refractivity contribution >= 4 is 44.2 Å². The summed E-state index contributed by atoms with van der Waals surface area (Å²) in [7, 11) is 0. The van der Waals surface area contributed by atoms with E-state index in [2.05, 4.69) is 25.6 Å². The van der Waals surface area contributed by atoms with Crippen molar-refractivity contribution < 1.29 is 9.90 Å². The normalized spacial score (nSPS) is 13.3. The number of thiazole rings is 1. The van der Waals surface area contributed by atoms with Crippen LogP contribution in [0.2, 0.25) is 0 Å². The number of pyridine rings is 3. The maximum atomic E-state index is 13.0. The van der Waals surface area contributed by atoms with Crippen LogP contribution in [0.1, 0.15) is 34.9 Å². The van der Waals surface area contributed by atoms with Gasteiger partial charge in [-0.1, -0.05) is 17.4 Å². The Balaban J connectivity index is 1.43. The fourth-order valence-electron chi connectivity index (χ4n) is 3.35. The fourth-order valence-corrected chi connectivity index (χ4v) is 4.22. The molecule has 0 saturated heterocycles. The Morgan fingerprint density at radius 3 is 2.81 bits per heavy atom. The van der Waals surface area contributed by atoms with Gasteiger partial charge in [-0.05, 0) is 43.2 Å². The Labute approximate surface area is 187 Å². The van der Waals surface area contributed by atoms with Gasteiger partial charge in [0.15, 0.2) is 10.8 Å². The first-order valence-corrected chi connectivity index (χ1v) is 11.1. The molecule has 0 unspecified atom stereocenters. The molecule has 1 saturated carbocycles. The van der Waals surface area contributed by atoms with Gasteiger partial charge in [-0.15, -0.1) is 0 Å². The van der Waals surface area contributed by atoms with E-state index in [4.69, 9.17) is 15.8 Å². The molecule has 1 aliphatic rings. The quantitative estimate of drug-likeness (QED) is 0.339. The molecule has 0 atom stereocenters. The minimum absolute atomic E-state index is 0.0243. The van der Waals surface area contributed by atoms with Crippen molar-refractivity contribution in [3.05, 3.63) is 54.0 Å². The summed E-state index contributed by atoms with van der Waals surface area (Å²) in [6, 6.07) is 10.7. The maximum absolute atomic E-state index is 13.0. The van der Waals surface area contributed by atoms with Gasteiger partial charge in [0.1, 0.15) is 11.5 Å². The largest absolute Gasteiger partial charge is 0.395 e. The summed E-state index contributed by atoms with van der Waals surface area (Å²) < 4.78 is 0.861. The van der Waals surface area contributed by atoms with Crippen LogP contribution in [0, 0.1) is 0 Å². The zero-order valence-electron chi connectivity index (χ0n) is 17.1. The smallest absolute Gasteiger partial charge is 0.274 e. The summed E-state index contributed by atoms with van der Waals surface area (Å²) in [5, 5.41) is 15.8. The van der Waals surface area contributed by atoms with Gasteiger partial charge < -0.3 is 21.5 Å². The monoisotopic (exact) mass is 447 g/mol. The number of carbonyl (C=O) groups excluding carboxylic acids is 1. The first kappa shape index (κ1) is 20.3. The lowest BCUT2D eigenvalue weighted by molar-refractivity contribution is 0.102. The zero-order chi connectivity index (χ0) is 22.1. The second kappa shape index (κ2) is 8.48. The van der Waals surface area contributed by atoms with E-state index in [0.29, 0.717) is 46.1 Å². The highest BCUT2D eigenvalue weighted by Crippen LogP contribution is 2.44. The van der Waals surface area contributed by atoms with Crippen molar-refractivity contribution in [2.24, 2.45) is 0 Å². The SMILES string of the molecule is Nc1ccc(-c2cccc(C(=O)Nc3cc4sc(NCCO)nc4nc3C3CC3)n2)cn1. The first-order valence-electron chi connectivity index (χ1n) is 10.3. The number of nitrogens with one attached hydrogen (secondary N) is 2. The topological polar surface area (TPSA) is 139 Å². The number of aliphatic hydroxyl groups is 1. The number of rotatable bonds is 7. The Morgan fingerprint density at radius 1 is 1.19 bits per heavy atom. The third kappa shape index (κ3) is 4.23. The molecule has 0 radical (unpaired) electrons. The molecule has 10 heteroatoms. The number of hydrogen-bond donors (Lipinski definition) is 4. The van der Waals surface area contributed by atoms with Gasteiger partial charge in [0.05, 0.1) is 28.4 Å². The number of amides is 1. The van der Waals surface area contributed by atoms with Crippen LogP contribution < -0.4 is 16.4 Å². The maximum Gasteiger partial charge on any atom is 0.274 e. The van der Waals surface area contributed by atoms with Crippen molar-refractivity contribution in [2.45, 2.75) is 18.8 Å². The van der Waals surface area contributed by atoms with Crippen molar-refractivity contribution in [2.75, 3.05) is 29.5 Å². The van der Waals surface area contributed by atoms with E-state index in [1.54, 1.807) is 24.4 Å². The van der Waals surface area contributed by atoms with Gasteiger partial charge in [0.25, 0.3) is 5.91 Å². The minimum Gasteiger partial charge on any atom is -0.395 e. The predicted octanol–water partition coefficient (Wildman–Crippen LogP) is 3.26. The van der Waals surface area contributed by atoms with E-state index in [1.807, 2.05) is 18.2 Å². The van der Waals surface area contributed by atoms with Gasteiger partial charge in [-0.25, -0.2) is 19.9 Å². The third-order valence-electron chi connectivity index (χ3n) is 5.08. The Hall–Kier alpha value is -3.63. The van der Waals surface area contributed by atoms with Crippen molar-refractivity contribution in [3.8, 4) is 11.3 Å². The second-order valence-corrected chi connectivity index (χ2v) is 8.55. The summed E-state index contributed by atoms with van der Waals surface area (Å²) in [5.74, 6) is 0.447. The number of aliphatic hydroxyl groups excluding tert-OH is 1. The van der Waals surface area contributed by atoms with E-state index in [-0.39, 0.29) is 12.5 Å². The van der Waals surface area contributed by atoms with Crippen LogP contribution in [0.3, 0.4) is 0 Å². The Morgan fingerprint density at radius 2 is 2.06 bits per heavy atom. The number of nitrogens with zero attached hydrogens (tertiary/aromatic N) is 4. The molecule has 1 amide bonds. The molecule has 4 aromatic rings. The molecule has 32 heavy (non-hydrogen) atoms. The Kier molecular flexibility index (Phi) is 5.38. The molecule has 0 bridgehead atoms. The van der Waals surface area contributed by atoms with Crippen LogP contribution in [-0.4, -0.2) is 44.1 Å². The summed E-state index contributed by atoms with van der Waals surface area (Å²) >= 11 is 1.44. The fraction of sp³-hybridized carbons (Fsp3) is 0.227. The van der Waals surface area contributed by atoms with Crippen LogP contribution in [0.15, 0.2) is 42.6 Å². The lowest BCUT2D eigenvalue weighted by atomic mass is 10.1. The molecule has 4 heterocycles. The van der Waals surface area contributed by atoms with E-state index < -0.39 is 0 Å². The van der Waals surface area contributed by atoms with Crippen LogP contribution in [-0.2, 0) is 0 Å². The summed E-state index contributed by atoms with van der Waals surface area (Å²) in [6.07, 6.45) is 3.71. The van der Waals surface area contributed by atoms with Crippen LogP contribution in [0.4, 0.5) is 16.6 Å². The molecule has 0 spiro atoms. The molecule has 9 nitrogen and oxygen atoms in total. The van der Waals surface area contributed by atoms with Crippen molar-refractivity contribution in [3.63, 3.8) is 0 Å². The summed E-state index contributed by atoms with van der Waals surface area (Å²) in [6.45, 7) is 0.445. The lowest BCUT2D eigenvalue weighted by Crippen LogP contribution is -2.15. The molecule has 4 aromatic heterocycles. The molecule has 5 N–H and O–H groups in total. The number of nitrogens with two attached hydrogens (primary N) is 1. The van der Waals surface area contributed by atoms with Crippen LogP contribution >= 0.6 is 11.3 Å². The second-order valence-electron chi connectivity index (χ2n) is 7.52. The number of fused-ring (bicyclic) bond motifs is 1. The van der Waals surface area contributed by atoms with Gasteiger partial charge in [0.2, 0.25) is 0 Å². The van der Waals surface area contributed by atoms with E-state index in [1.165, 1.54) is 11.3 Å². The van der Waals surface area contributed by atoms with Crippen molar-refractivity contribution in [1.29, 1.82) is 0 Å². The average molecular weight is 448 g/mol. The van der Waals surface area contributed by atoms with Gasteiger partial charge in [-0.2, -0.15) is 0 Å². The molecule has 0 aromatic carbocycles. The highest BCUT2D eigenvalue weighted by atomic mass is 32.1. The van der Waals surface area contributed by atoms with Gasteiger partial charge >= 0.3 is 0 Å². The number of anilines is 3. The summed E-state index contributed by atoms with van der Waals surface area (Å²) in [5.41, 5.74) is 9.56. The van der Waals surface area contributed by atoms with Crippen molar-refractivity contribution in [1.82, 2.24) is 19.9 Å².